The molecule has 0 unspecified atom stereocenters. The Morgan fingerprint density at radius 1 is 1.12 bits per heavy atom. The summed E-state index contributed by atoms with van der Waals surface area (Å²) in [5, 5.41) is 22.6. The fourth-order valence-electron chi connectivity index (χ4n) is 2.68. The van der Waals surface area contributed by atoms with E-state index in [1.165, 1.54) is 0 Å². The van der Waals surface area contributed by atoms with Crippen molar-refractivity contribution < 1.29 is 14.4 Å². The van der Waals surface area contributed by atoms with Crippen LogP contribution in [0.5, 0.6) is 0 Å². The van der Waals surface area contributed by atoms with Crippen LogP contribution in [0.3, 0.4) is 0 Å². The molecule has 7 nitrogen and oxygen atoms in total. The van der Waals surface area contributed by atoms with Gasteiger partial charge in [-0.1, -0.05) is 53.7 Å². The Hall–Kier alpha value is -3.61. The monoisotopic (exact) mass is 350 g/mol. The van der Waals surface area contributed by atoms with Crippen LogP contribution in [-0.2, 0) is 6.42 Å². The number of nitrogens with two attached hydrogens (primary N) is 1. The highest BCUT2D eigenvalue weighted by Gasteiger charge is 2.16. The maximum atomic E-state index is 10.9. The summed E-state index contributed by atoms with van der Waals surface area (Å²) in [7, 11) is 0. The van der Waals surface area contributed by atoms with Gasteiger partial charge >= 0.3 is 6.09 Å². The Balaban J connectivity index is 1.85. The van der Waals surface area contributed by atoms with Gasteiger partial charge in [0.2, 0.25) is 0 Å². The van der Waals surface area contributed by atoms with Crippen LogP contribution in [0.1, 0.15) is 11.3 Å². The van der Waals surface area contributed by atoms with E-state index >= 15 is 0 Å². The number of aromatic nitrogens is 1. The molecule has 3 rings (SSSR count). The van der Waals surface area contributed by atoms with E-state index in [1.807, 2.05) is 48.5 Å². The zero-order valence-corrected chi connectivity index (χ0v) is 14.1. The molecule has 3 aromatic rings. The lowest BCUT2D eigenvalue weighted by Crippen LogP contribution is -2.12. The van der Waals surface area contributed by atoms with Gasteiger partial charge < -0.3 is 15.4 Å². The van der Waals surface area contributed by atoms with Gasteiger partial charge in [0.15, 0.2) is 5.76 Å². The summed E-state index contributed by atoms with van der Waals surface area (Å²) in [5.74, 6) is 0.545. The number of aryl methyl sites for hydroxylation is 1. The van der Waals surface area contributed by atoms with Gasteiger partial charge in [-0.3, -0.25) is 10.7 Å². The van der Waals surface area contributed by atoms with Gasteiger partial charge in [-0.25, -0.2) is 4.79 Å². The number of hydrogen-bond donors (Lipinski definition) is 4. The van der Waals surface area contributed by atoms with E-state index in [0.717, 1.165) is 22.3 Å². The zero-order valence-electron chi connectivity index (χ0n) is 14.1. The molecular weight excluding hydrogens is 332 g/mol. The number of anilines is 1. The maximum Gasteiger partial charge on any atom is 0.409 e. The number of amides is 1. The first-order valence-corrected chi connectivity index (χ1v) is 7.93. The van der Waals surface area contributed by atoms with Crippen molar-refractivity contribution in [3.8, 4) is 22.4 Å². The van der Waals surface area contributed by atoms with Crippen LogP contribution in [0.25, 0.3) is 22.4 Å². The first-order chi connectivity index (χ1) is 12.4. The number of hydrogen-bond acceptors (Lipinski definition) is 4. The smallest absolute Gasteiger partial charge is 0.409 e. The topological polar surface area (TPSA) is 125 Å². The van der Waals surface area contributed by atoms with Gasteiger partial charge in [-0.15, -0.1) is 0 Å². The number of nitrogens with one attached hydrogen (secondary N) is 2. The Morgan fingerprint density at radius 2 is 1.65 bits per heavy atom. The van der Waals surface area contributed by atoms with Crippen molar-refractivity contribution in [3.05, 3.63) is 59.9 Å². The molecule has 1 heterocycles. The lowest BCUT2D eigenvalue weighted by atomic mass is 10.0. The van der Waals surface area contributed by atoms with E-state index in [0.29, 0.717) is 23.6 Å². The van der Waals surface area contributed by atoms with E-state index in [-0.39, 0.29) is 5.84 Å². The predicted molar refractivity (Wildman–Crippen MR) is 99.4 cm³/mol. The summed E-state index contributed by atoms with van der Waals surface area (Å²) in [6.07, 6.45) is -0.732. The van der Waals surface area contributed by atoms with Crippen molar-refractivity contribution in [2.24, 2.45) is 5.73 Å². The third-order valence-corrected chi connectivity index (χ3v) is 3.93. The second-order valence-electron chi connectivity index (χ2n) is 5.87. The number of benzene rings is 2. The normalized spacial score (nSPS) is 10.5. The minimum Gasteiger partial charge on any atom is -0.465 e. The van der Waals surface area contributed by atoms with Crippen molar-refractivity contribution >= 4 is 17.6 Å². The fraction of sp³-hybridized carbons (Fsp3) is 0.105. The molecule has 0 bridgehead atoms. The van der Waals surface area contributed by atoms with Crippen LogP contribution in [0, 0.1) is 12.3 Å². The van der Waals surface area contributed by atoms with Crippen LogP contribution in [-0.4, -0.2) is 22.2 Å². The van der Waals surface area contributed by atoms with Crippen LogP contribution in [0.4, 0.5) is 10.5 Å². The molecule has 7 heteroatoms. The molecule has 0 aliphatic heterocycles. The Morgan fingerprint density at radius 3 is 2.19 bits per heavy atom. The van der Waals surface area contributed by atoms with Crippen LogP contribution in [0.2, 0.25) is 0 Å². The Bertz CT molecular complexity index is 944. The highest BCUT2D eigenvalue weighted by molar-refractivity contribution is 5.90. The van der Waals surface area contributed by atoms with Crippen LogP contribution >= 0.6 is 0 Å². The number of carboxylic acid groups (broad SMARTS) is 1. The molecule has 0 aliphatic rings. The molecular formula is C19H18N4O3. The highest BCUT2D eigenvalue weighted by atomic mass is 16.5. The summed E-state index contributed by atoms with van der Waals surface area (Å²) in [6.45, 7) is 1.65. The lowest BCUT2D eigenvalue weighted by Gasteiger charge is -2.06. The summed E-state index contributed by atoms with van der Waals surface area (Å²) in [4.78, 5) is 10.9. The molecule has 0 spiro atoms. The number of rotatable bonds is 5. The van der Waals surface area contributed by atoms with E-state index < -0.39 is 6.09 Å². The van der Waals surface area contributed by atoms with E-state index in [4.69, 9.17) is 20.8 Å². The van der Waals surface area contributed by atoms with Gasteiger partial charge in [0.1, 0.15) is 11.4 Å². The third kappa shape index (κ3) is 3.72. The van der Waals surface area contributed by atoms with Crippen molar-refractivity contribution in [3.63, 3.8) is 0 Å². The maximum absolute atomic E-state index is 10.9. The van der Waals surface area contributed by atoms with Gasteiger partial charge in [-0.2, -0.15) is 0 Å². The second kappa shape index (κ2) is 7.10. The molecule has 0 fully saturated rings. The van der Waals surface area contributed by atoms with Crippen molar-refractivity contribution in [1.29, 1.82) is 5.41 Å². The molecule has 2 aromatic carbocycles. The van der Waals surface area contributed by atoms with Gasteiger partial charge in [0.25, 0.3) is 0 Å². The summed E-state index contributed by atoms with van der Waals surface area (Å²) in [5.41, 5.74) is 10.00. The van der Waals surface area contributed by atoms with E-state index in [2.05, 4.69) is 10.5 Å². The first-order valence-electron chi connectivity index (χ1n) is 7.93. The molecule has 0 saturated heterocycles. The number of nitrogens with zero attached hydrogens (tertiary/aromatic N) is 1. The molecule has 0 radical (unpaired) electrons. The SMILES string of the molecule is Cc1onc(-c2ccc(-c3ccc(CC(=N)N)cc3)cc2)c1NC(=O)O. The summed E-state index contributed by atoms with van der Waals surface area (Å²) >= 11 is 0. The minimum atomic E-state index is -1.17. The van der Waals surface area contributed by atoms with E-state index in [9.17, 15) is 4.79 Å². The van der Waals surface area contributed by atoms with Gasteiger partial charge in [0, 0.05) is 12.0 Å². The van der Waals surface area contributed by atoms with Crippen LogP contribution < -0.4 is 11.1 Å². The second-order valence-corrected chi connectivity index (χ2v) is 5.87. The average molecular weight is 350 g/mol. The quantitative estimate of drug-likeness (QED) is 0.410. The molecule has 26 heavy (non-hydrogen) atoms. The van der Waals surface area contributed by atoms with Crippen LogP contribution in [0.15, 0.2) is 53.1 Å². The Kier molecular flexibility index (Phi) is 4.70. The van der Waals surface area contributed by atoms with Gasteiger partial charge in [0.05, 0.1) is 5.84 Å². The molecule has 0 atom stereocenters. The highest BCUT2D eigenvalue weighted by Crippen LogP contribution is 2.31. The standard InChI is InChI=1S/C19H18N4O3/c1-11-17(22-19(24)25)18(23-26-11)15-8-6-14(7-9-15)13-4-2-12(3-5-13)10-16(20)21/h2-9,22H,10H2,1H3,(H3,20,21)(H,24,25). The molecule has 132 valence electrons. The molecule has 1 amide bonds. The van der Waals surface area contributed by atoms with Crippen molar-refractivity contribution in [2.75, 3.05) is 5.32 Å². The lowest BCUT2D eigenvalue weighted by molar-refractivity contribution is 0.209. The number of carbonyl (C=O) groups is 1. The fourth-order valence-corrected chi connectivity index (χ4v) is 2.68. The average Bonchev–Trinajstić information content (AvgIpc) is 2.95. The minimum absolute atomic E-state index is 0.135. The van der Waals surface area contributed by atoms with Crippen molar-refractivity contribution in [2.45, 2.75) is 13.3 Å². The summed E-state index contributed by atoms with van der Waals surface area (Å²) in [6, 6.07) is 15.4. The predicted octanol–water partition coefficient (Wildman–Crippen LogP) is 3.89. The van der Waals surface area contributed by atoms with E-state index in [1.54, 1.807) is 6.92 Å². The van der Waals surface area contributed by atoms with Crippen molar-refractivity contribution in [1.82, 2.24) is 5.16 Å². The molecule has 0 aliphatic carbocycles. The summed E-state index contributed by atoms with van der Waals surface area (Å²) < 4.78 is 5.11. The Labute approximate surface area is 150 Å². The molecule has 1 aromatic heterocycles. The zero-order chi connectivity index (χ0) is 18.7. The molecule has 5 N–H and O–H groups in total. The first kappa shape index (κ1) is 17.2. The third-order valence-electron chi connectivity index (χ3n) is 3.93. The molecule has 0 saturated carbocycles. The number of amidine groups is 1. The van der Waals surface area contributed by atoms with Gasteiger partial charge in [-0.05, 0) is 23.6 Å². The largest absolute Gasteiger partial charge is 0.465 e.